The van der Waals surface area contributed by atoms with Crippen molar-refractivity contribution in [1.82, 2.24) is 20.9 Å². The van der Waals surface area contributed by atoms with Crippen LogP contribution < -0.4 is 16.0 Å². The molecular formula is C22H37FN4O2. The second-order valence-electron chi connectivity index (χ2n) is 9.92. The quantitative estimate of drug-likeness (QED) is 0.663. The summed E-state index contributed by atoms with van der Waals surface area (Å²) in [5, 5.41) is 9.76. The van der Waals surface area contributed by atoms with Gasteiger partial charge in [0.2, 0.25) is 11.8 Å². The molecule has 4 rings (SSSR count). The minimum atomic E-state index is -0.771. The van der Waals surface area contributed by atoms with Gasteiger partial charge in [-0.15, -0.1) is 0 Å². The zero-order valence-corrected chi connectivity index (χ0v) is 17.8. The predicted molar refractivity (Wildman–Crippen MR) is 110 cm³/mol. The third-order valence-electron chi connectivity index (χ3n) is 7.79. The smallest absolute Gasteiger partial charge is 0.237 e. The Balaban J connectivity index is 1.27. The van der Waals surface area contributed by atoms with E-state index in [4.69, 9.17) is 0 Å². The monoisotopic (exact) mass is 408 g/mol. The molecule has 2 aliphatic carbocycles. The van der Waals surface area contributed by atoms with Gasteiger partial charge in [-0.3, -0.25) is 14.5 Å². The number of halogens is 1. The SMILES string of the molecule is CC(=O)NC1CCN([C@@H]2CCC[C@@H](NC(=O)C3CC4C(F)CCC(C)C4N3)C2)C1. The number of hydrogen-bond donors (Lipinski definition) is 3. The number of nitrogens with zero attached hydrogens (tertiary/aromatic N) is 1. The molecule has 29 heavy (non-hydrogen) atoms. The topological polar surface area (TPSA) is 73.5 Å². The molecule has 8 atom stereocenters. The largest absolute Gasteiger partial charge is 0.352 e. The second kappa shape index (κ2) is 8.88. The first-order chi connectivity index (χ1) is 13.9. The van der Waals surface area contributed by atoms with Gasteiger partial charge >= 0.3 is 0 Å². The summed E-state index contributed by atoms with van der Waals surface area (Å²) >= 11 is 0. The molecule has 7 heteroatoms. The molecule has 2 saturated heterocycles. The van der Waals surface area contributed by atoms with E-state index in [1.807, 2.05) is 0 Å². The van der Waals surface area contributed by atoms with Gasteiger partial charge in [-0.25, -0.2) is 4.39 Å². The lowest BCUT2D eigenvalue weighted by atomic mass is 9.77. The average molecular weight is 409 g/mol. The summed E-state index contributed by atoms with van der Waals surface area (Å²) in [6, 6.07) is 0.819. The van der Waals surface area contributed by atoms with Crippen molar-refractivity contribution in [2.24, 2.45) is 11.8 Å². The maximum atomic E-state index is 14.3. The lowest BCUT2D eigenvalue weighted by molar-refractivity contribution is -0.124. The minimum absolute atomic E-state index is 0.0103. The first-order valence-corrected chi connectivity index (χ1v) is 11.6. The zero-order valence-electron chi connectivity index (χ0n) is 17.8. The molecule has 2 saturated carbocycles. The molecular weight excluding hydrogens is 371 g/mol. The number of hydrogen-bond acceptors (Lipinski definition) is 4. The Morgan fingerprint density at radius 2 is 1.86 bits per heavy atom. The molecule has 0 radical (unpaired) electrons. The molecule has 3 N–H and O–H groups in total. The van der Waals surface area contributed by atoms with Gasteiger partial charge in [-0.1, -0.05) is 6.92 Å². The Bertz CT molecular complexity index is 600. The van der Waals surface area contributed by atoms with Gasteiger partial charge in [0.1, 0.15) is 6.17 Å². The van der Waals surface area contributed by atoms with Gasteiger partial charge in [0.15, 0.2) is 0 Å². The summed E-state index contributed by atoms with van der Waals surface area (Å²) in [4.78, 5) is 26.7. The van der Waals surface area contributed by atoms with Crippen molar-refractivity contribution in [2.45, 2.75) is 102 Å². The van der Waals surface area contributed by atoms with Gasteiger partial charge in [0.05, 0.1) is 6.04 Å². The van der Waals surface area contributed by atoms with Crippen LogP contribution in [0.25, 0.3) is 0 Å². The zero-order chi connectivity index (χ0) is 20.5. The van der Waals surface area contributed by atoms with E-state index in [9.17, 15) is 14.0 Å². The molecule has 0 aromatic rings. The van der Waals surface area contributed by atoms with Crippen LogP contribution in [0.2, 0.25) is 0 Å². The Labute approximate surface area is 173 Å². The fourth-order valence-corrected chi connectivity index (χ4v) is 6.25. The van der Waals surface area contributed by atoms with Crippen LogP contribution in [0, 0.1) is 11.8 Å². The van der Waals surface area contributed by atoms with Crippen molar-refractivity contribution in [2.75, 3.05) is 13.1 Å². The lowest BCUT2D eigenvalue weighted by Crippen LogP contribution is -2.51. The van der Waals surface area contributed by atoms with Crippen LogP contribution in [0.5, 0.6) is 0 Å². The summed E-state index contributed by atoms with van der Waals surface area (Å²) in [6.07, 6.45) is 6.67. The van der Waals surface area contributed by atoms with E-state index in [1.165, 1.54) is 0 Å². The van der Waals surface area contributed by atoms with Gasteiger partial charge in [0, 0.05) is 50.1 Å². The molecule has 4 fully saturated rings. The molecule has 0 aromatic heterocycles. The highest BCUT2D eigenvalue weighted by Crippen LogP contribution is 2.38. The Hall–Kier alpha value is -1.21. The van der Waals surface area contributed by atoms with Crippen molar-refractivity contribution in [3.63, 3.8) is 0 Å². The maximum absolute atomic E-state index is 14.3. The van der Waals surface area contributed by atoms with Crippen molar-refractivity contribution in [3.8, 4) is 0 Å². The molecule has 6 nitrogen and oxygen atoms in total. The number of nitrogens with one attached hydrogen (secondary N) is 3. The predicted octanol–water partition coefficient (Wildman–Crippen LogP) is 1.74. The number of rotatable bonds is 4. The highest BCUT2D eigenvalue weighted by molar-refractivity contribution is 5.82. The van der Waals surface area contributed by atoms with E-state index >= 15 is 0 Å². The van der Waals surface area contributed by atoms with Gasteiger partial charge < -0.3 is 16.0 Å². The van der Waals surface area contributed by atoms with Crippen LogP contribution in [0.4, 0.5) is 4.39 Å². The number of carbonyl (C=O) groups excluding carboxylic acids is 2. The van der Waals surface area contributed by atoms with Crippen LogP contribution in [0.3, 0.4) is 0 Å². The first kappa shape index (κ1) is 21.0. The van der Waals surface area contributed by atoms with Gasteiger partial charge in [-0.05, 0) is 57.3 Å². The maximum Gasteiger partial charge on any atom is 0.237 e. The second-order valence-corrected chi connectivity index (χ2v) is 9.92. The Kier molecular flexibility index (Phi) is 6.44. The Morgan fingerprint density at radius 3 is 2.62 bits per heavy atom. The van der Waals surface area contributed by atoms with Crippen LogP contribution in [-0.2, 0) is 9.59 Å². The number of alkyl halides is 1. The van der Waals surface area contributed by atoms with Crippen molar-refractivity contribution in [1.29, 1.82) is 0 Å². The lowest BCUT2D eigenvalue weighted by Gasteiger charge is -2.36. The van der Waals surface area contributed by atoms with Gasteiger partial charge in [-0.2, -0.15) is 0 Å². The fourth-order valence-electron chi connectivity index (χ4n) is 6.25. The van der Waals surface area contributed by atoms with E-state index < -0.39 is 6.17 Å². The highest BCUT2D eigenvalue weighted by Gasteiger charge is 2.46. The highest BCUT2D eigenvalue weighted by atomic mass is 19.1. The first-order valence-electron chi connectivity index (χ1n) is 11.6. The fraction of sp³-hybridized carbons (Fsp3) is 0.909. The van der Waals surface area contributed by atoms with Crippen molar-refractivity contribution in [3.05, 3.63) is 0 Å². The van der Waals surface area contributed by atoms with E-state index in [1.54, 1.807) is 6.92 Å². The summed E-state index contributed by atoms with van der Waals surface area (Å²) in [6.45, 7) is 5.68. The van der Waals surface area contributed by atoms with E-state index in [-0.39, 0.29) is 41.9 Å². The summed E-state index contributed by atoms with van der Waals surface area (Å²) in [5.41, 5.74) is 0. The molecule has 0 spiro atoms. The van der Waals surface area contributed by atoms with E-state index in [0.717, 1.165) is 51.6 Å². The molecule has 0 bridgehead atoms. The minimum Gasteiger partial charge on any atom is -0.352 e. The molecule has 2 heterocycles. The number of fused-ring (bicyclic) bond motifs is 1. The van der Waals surface area contributed by atoms with E-state index in [0.29, 0.717) is 24.8 Å². The van der Waals surface area contributed by atoms with E-state index in [2.05, 4.69) is 27.8 Å². The molecule has 6 unspecified atom stereocenters. The van der Waals surface area contributed by atoms with Gasteiger partial charge in [0.25, 0.3) is 0 Å². The number of likely N-dealkylation sites (tertiary alicyclic amines) is 1. The number of carbonyl (C=O) groups is 2. The van der Waals surface area contributed by atoms with Crippen LogP contribution >= 0.6 is 0 Å². The Morgan fingerprint density at radius 1 is 1.03 bits per heavy atom. The summed E-state index contributed by atoms with van der Waals surface area (Å²) < 4.78 is 14.3. The van der Waals surface area contributed by atoms with Crippen LogP contribution in [0.15, 0.2) is 0 Å². The summed E-state index contributed by atoms with van der Waals surface area (Å²) in [7, 11) is 0. The molecule has 2 amide bonds. The van der Waals surface area contributed by atoms with Crippen molar-refractivity contribution < 1.29 is 14.0 Å². The average Bonchev–Trinajstić information content (AvgIpc) is 3.33. The summed E-state index contributed by atoms with van der Waals surface area (Å²) in [5.74, 6) is 0.529. The third kappa shape index (κ3) is 4.76. The molecule has 164 valence electrons. The van der Waals surface area contributed by atoms with Crippen LogP contribution in [-0.4, -0.2) is 66.2 Å². The van der Waals surface area contributed by atoms with Crippen molar-refractivity contribution >= 4 is 11.8 Å². The van der Waals surface area contributed by atoms with Crippen LogP contribution in [0.1, 0.15) is 65.2 Å². The normalized spacial score (nSPS) is 43.0. The molecule has 2 aliphatic heterocycles. The molecule has 0 aromatic carbocycles. The molecule has 4 aliphatic rings. The standard InChI is InChI=1S/C22H37FN4O2/c1-13-6-7-19(23)18-11-20(26-21(13)18)22(29)25-15-4-3-5-17(10-15)27-9-8-16(12-27)24-14(2)28/h13,15-21,26H,3-12H2,1-2H3,(H,24,28)(H,25,29)/t13?,15-,16?,17-,18?,19?,20?,21?/m1/s1. The number of amides is 2. The third-order valence-corrected chi connectivity index (χ3v) is 7.79.